The number of amides is 1. The Kier molecular flexibility index (Phi) is 5.58. The van der Waals surface area contributed by atoms with Crippen LogP contribution < -0.4 is 10.1 Å². The summed E-state index contributed by atoms with van der Waals surface area (Å²) in [5.41, 5.74) is 3.72. The molecular weight excluding hydrogens is 350 g/mol. The topological polar surface area (TPSA) is 56.2 Å². The van der Waals surface area contributed by atoms with E-state index in [0.717, 1.165) is 28.4 Å². The van der Waals surface area contributed by atoms with Crippen LogP contribution in [0.2, 0.25) is 5.02 Å². The van der Waals surface area contributed by atoms with Gasteiger partial charge in [-0.1, -0.05) is 23.7 Å². The third-order valence-corrected chi connectivity index (χ3v) is 4.36. The summed E-state index contributed by atoms with van der Waals surface area (Å²) in [7, 11) is 3.27. The minimum absolute atomic E-state index is 0.00274. The predicted octanol–water partition coefficient (Wildman–Crippen LogP) is 3.88. The van der Waals surface area contributed by atoms with Gasteiger partial charge in [0.15, 0.2) is 0 Å². The molecule has 0 saturated heterocycles. The van der Waals surface area contributed by atoms with E-state index in [1.807, 2.05) is 59.3 Å². The van der Waals surface area contributed by atoms with Crippen molar-refractivity contribution in [2.45, 2.75) is 12.8 Å². The van der Waals surface area contributed by atoms with Crippen LogP contribution in [0.15, 0.2) is 54.6 Å². The molecule has 1 heterocycles. The van der Waals surface area contributed by atoms with Crippen LogP contribution in [0.3, 0.4) is 0 Å². The van der Waals surface area contributed by atoms with E-state index in [1.165, 1.54) is 0 Å². The Morgan fingerprint density at radius 1 is 1.15 bits per heavy atom. The van der Waals surface area contributed by atoms with Gasteiger partial charge in [-0.3, -0.25) is 4.79 Å². The largest absolute Gasteiger partial charge is 0.497 e. The number of aromatic nitrogens is 2. The van der Waals surface area contributed by atoms with Crippen LogP contribution in [0.25, 0.3) is 16.9 Å². The summed E-state index contributed by atoms with van der Waals surface area (Å²) in [6.07, 6.45) is 0.972. The Labute approximate surface area is 157 Å². The Morgan fingerprint density at radius 3 is 2.46 bits per heavy atom. The molecule has 26 heavy (non-hydrogen) atoms. The van der Waals surface area contributed by atoms with E-state index in [2.05, 4.69) is 5.32 Å². The first kappa shape index (κ1) is 18.0. The average Bonchev–Trinajstić information content (AvgIpc) is 3.11. The van der Waals surface area contributed by atoms with Gasteiger partial charge in [0.2, 0.25) is 5.91 Å². The van der Waals surface area contributed by atoms with E-state index in [1.54, 1.807) is 14.2 Å². The van der Waals surface area contributed by atoms with E-state index in [9.17, 15) is 4.79 Å². The summed E-state index contributed by atoms with van der Waals surface area (Å²) in [6.45, 7) is 0. The normalized spacial score (nSPS) is 10.6. The van der Waals surface area contributed by atoms with E-state index in [0.29, 0.717) is 17.9 Å². The molecule has 3 rings (SSSR count). The first-order valence-corrected chi connectivity index (χ1v) is 8.68. The van der Waals surface area contributed by atoms with Crippen molar-refractivity contribution in [2.75, 3.05) is 14.2 Å². The smallest absolute Gasteiger partial charge is 0.220 e. The highest BCUT2D eigenvalue weighted by molar-refractivity contribution is 6.30. The number of hydrogen-bond acceptors (Lipinski definition) is 3. The van der Waals surface area contributed by atoms with Crippen molar-refractivity contribution < 1.29 is 9.53 Å². The fourth-order valence-corrected chi connectivity index (χ4v) is 2.79. The molecule has 0 saturated carbocycles. The zero-order valence-electron chi connectivity index (χ0n) is 14.7. The molecule has 1 amide bonds. The molecule has 0 aliphatic carbocycles. The maximum absolute atomic E-state index is 11.6. The summed E-state index contributed by atoms with van der Waals surface area (Å²) in [5, 5.41) is 8.03. The number of aryl methyl sites for hydroxylation is 1. The molecule has 0 aliphatic rings. The first-order valence-electron chi connectivity index (χ1n) is 8.30. The number of methoxy groups -OCH3 is 1. The zero-order valence-corrected chi connectivity index (χ0v) is 15.5. The second-order valence-electron chi connectivity index (χ2n) is 5.81. The Bertz CT molecular complexity index is 886. The van der Waals surface area contributed by atoms with Crippen molar-refractivity contribution in [1.29, 1.82) is 0 Å². The Hall–Kier alpha value is -2.79. The third-order valence-electron chi connectivity index (χ3n) is 4.10. The molecule has 3 aromatic rings. The molecule has 0 radical (unpaired) electrons. The molecular formula is C20H20ClN3O2. The number of hydrogen-bond donors (Lipinski definition) is 1. The third kappa shape index (κ3) is 4.06. The van der Waals surface area contributed by atoms with E-state index in [4.69, 9.17) is 21.4 Å². The lowest BCUT2D eigenvalue weighted by Gasteiger charge is -2.08. The summed E-state index contributed by atoms with van der Waals surface area (Å²) in [5.74, 6) is 0.783. The van der Waals surface area contributed by atoms with Gasteiger partial charge >= 0.3 is 0 Å². The van der Waals surface area contributed by atoms with Gasteiger partial charge in [0.25, 0.3) is 0 Å². The van der Waals surface area contributed by atoms with Crippen molar-refractivity contribution in [1.82, 2.24) is 15.1 Å². The molecule has 0 atom stereocenters. The average molecular weight is 370 g/mol. The molecule has 6 heteroatoms. The highest BCUT2D eigenvalue weighted by Crippen LogP contribution is 2.26. The van der Waals surface area contributed by atoms with Gasteiger partial charge in [0.05, 0.1) is 24.2 Å². The van der Waals surface area contributed by atoms with Gasteiger partial charge in [-0.05, 0) is 42.5 Å². The van der Waals surface area contributed by atoms with Gasteiger partial charge in [0.1, 0.15) is 5.75 Å². The first-order chi connectivity index (χ1) is 12.6. The number of carbonyl (C=O) groups is 1. The van der Waals surface area contributed by atoms with E-state index in [-0.39, 0.29) is 5.91 Å². The Balaban J connectivity index is 2.00. The van der Waals surface area contributed by atoms with Gasteiger partial charge in [-0.25, -0.2) is 4.68 Å². The van der Waals surface area contributed by atoms with Crippen LogP contribution in [0, 0.1) is 0 Å². The lowest BCUT2D eigenvalue weighted by atomic mass is 10.1. The van der Waals surface area contributed by atoms with Crippen LogP contribution in [0.5, 0.6) is 5.75 Å². The highest BCUT2D eigenvalue weighted by atomic mass is 35.5. The number of rotatable bonds is 6. The number of benzene rings is 2. The molecule has 0 bridgehead atoms. The maximum Gasteiger partial charge on any atom is 0.220 e. The molecule has 0 unspecified atom stereocenters. The molecule has 1 N–H and O–H groups in total. The lowest BCUT2D eigenvalue weighted by molar-refractivity contribution is -0.120. The predicted molar refractivity (Wildman–Crippen MR) is 103 cm³/mol. The van der Waals surface area contributed by atoms with Crippen molar-refractivity contribution in [3.8, 4) is 22.7 Å². The van der Waals surface area contributed by atoms with Crippen LogP contribution in [0.1, 0.15) is 12.1 Å². The van der Waals surface area contributed by atoms with Crippen molar-refractivity contribution >= 4 is 17.5 Å². The molecule has 0 spiro atoms. The van der Waals surface area contributed by atoms with Gasteiger partial charge in [0, 0.05) is 30.5 Å². The van der Waals surface area contributed by atoms with E-state index < -0.39 is 0 Å². The molecule has 134 valence electrons. The van der Waals surface area contributed by atoms with Crippen molar-refractivity contribution in [3.63, 3.8) is 0 Å². The number of ether oxygens (including phenoxy) is 1. The molecule has 5 nitrogen and oxygen atoms in total. The minimum Gasteiger partial charge on any atom is -0.497 e. The number of nitrogens with one attached hydrogen (secondary N) is 1. The molecule has 0 fully saturated rings. The van der Waals surface area contributed by atoms with Gasteiger partial charge in [-0.2, -0.15) is 5.10 Å². The zero-order chi connectivity index (χ0) is 18.5. The number of nitrogens with zero attached hydrogens (tertiary/aromatic N) is 2. The second-order valence-corrected chi connectivity index (χ2v) is 6.25. The van der Waals surface area contributed by atoms with Crippen LogP contribution in [-0.2, 0) is 11.2 Å². The van der Waals surface area contributed by atoms with Crippen LogP contribution >= 0.6 is 11.6 Å². The van der Waals surface area contributed by atoms with Crippen molar-refractivity contribution in [2.24, 2.45) is 0 Å². The van der Waals surface area contributed by atoms with Crippen LogP contribution in [0.4, 0.5) is 0 Å². The minimum atomic E-state index is -0.00274. The van der Waals surface area contributed by atoms with Gasteiger partial charge < -0.3 is 10.1 Å². The Morgan fingerprint density at radius 2 is 1.85 bits per heavy atom. The molecule has 1 aromatic heterocycles. The number of carbonyl (C=O) groups excluding carboxylic acids is 1. The maximum atomic E-state index is 11.6. The fraction of sp³-hybridized carbons (Fsp3) is 0.200. The summed E-state index contributed by atoms with van der Waals surface area (Å²) in [6, 6.07) is 17.3. The fourth-order valence-electron chi connectivity index (χ4n) is 2.67. The monoisotopic (exact) mass is 369 g/mol. The highest BCUT2D eigenvalue weighted by Gasteiger charge is 2.13. The van der Waals surface area contributed by atoms with Gasteiger partial charge in [-0.15, -0.1) is 0 Å². The second kappa shape index (κ2) is 8.06. The summed E-state index contributed by atoms with van der Waals surface area (Å²) >= 11 is 6.01. The summed E-state index contributed by atoms with van der Waals surface area (Å²) in [4.78, 5) is 11.6. The molecule has 2 aromatic carbocycles. The van der Waals surface area contributed by atoms with Crippen molar-refractivity contribution in [3.05, 3.63) is 65.3 Å². The lowest BCUT2D eigenvalue weighted by Crippen LogP contribution is -2.18. The quantitative estimate of drug-likeness (QED) is 0.717. The standard InChI is InChI=1S/C20H20ClN3O2/c1-22-20(25)12-7-16-13-19(14-3-5-15(21)6-4-14)24(23-16)17-8-10-18(26-2)11-9-17/h3-6,8-11,13H,7,12H2,1-2H3,(H,22,25). The van der Waals surface area contributed by atoms with Crippen LogP contribution in [-0.4, -0.2) is 29.8 Å². The van der Waals surface area contributed by atoms with E-state index >= 15 is 0 Å². The molecule has 0 aliphatic heterocycles. The summed E-state index contributed by atoms with van der Waals surface area (Å²) < 4.78 is 7.10. The number of halogens is 1. The SMILES string of the molecule is CNC(=O)CCc1cc(-c2ccc(Cl)cc2)n(-c2ccc(OC)cc2)n1.